The van der Waals surface area contributed by atoms with Crippen LogP contribution in [0.4, 0.5) is 0 Å². The molecule has 3 aromatic rings. The number of halogens is 1. The summed E-state index contributed by atoms with van der Waals surface area (Å²) in [7, 11) is 1.49. The average Bonchev–Trinajstić information content (AvgIpc) is 2.75. The Balaban J connectivity index is 2.52. The van der Waals surface area contributed by atoms with Gasteiger partial charge in [0.05, 0.1) is 0 Å². The summed E-state index contributed by atoms with van der Waals surface area (Å²) in [6, 6.07) is 31.4. The Bertz CT molecular complexity index is 798. The Kier molecular flexibility index (Phi) is 6.02. The summed E-state index contributed by atoms with van der Waals surface area (Å²) in [5, 5.41) is 3.58. The molecule has 1 unspecified atom stereocenters. The molecule has 0 spiro atoms. The third-order valence-electron chi connectivity index (χ3n) is 5.23. The first-order chi connectivity index (χ1) is 13.1. The van der Waals surface area contributed by atoms with Crippen LogP contribution in [0.2, 0.25) is 0 Å². The molecule has 0 bridgehead atoms. The zero-order chi connectivity index (χ0) is 19.4. The summed E-state index contributed by atoms with van der Waals surface area (Å²) < 4.78 is 2.17. The molecule has 1 atom stereocenters. The molecule has 0 aromatic heterocycles. The number of ether oxygens (including phenoxy) is 1. The molecule has 0 N–H and O–H groups in total. The Morgan fingerprint density at radius 2 is 1.15 bits per heavy atom. The molecule has 0 aliphatic rings. The minimum absolute atomic E-state index is 0.152. The van der Waals surface area contributed by atoms with Crippen LogP contribution in [0.3, 0.4) is 0 Å². The number of rotatable bonds is 6. The van der Waals surface area contributed by atoms with Crippen LogP contribution >= 0.6 is 26.3 Å². The van der Waals surface area contributed by atoms with E-state index >= 15 is 0 Å². The summed E-state index contributed by atoms with van der Waals surface area (Å²) in [5.41, 5.74) is -0.270. The molecule has 2 nitrogen and oxygen atoms in total. The summed E-state index contributed by atoms with van der Waals surface area (Å²) in [4.78, 5) is 13.1. The van der Waals surface area contributed by atoms with Crippen molar-refractivity contribution in [2.24, 2.45) is 0 Å². The van der Waals surface area contributed by atoms with Gasteiger partial charge in [0.25, 0.3) is 0 Å². The molecule has 27 heavy (non-hydrogen) atoms. The summed E-state index contributed by atoms with van der Waals surface area (Å²) in [6.45, 7) is 2.08. The number of carbonyl (C=O) groups excluding carboxylic acids is 1. The second kappa shape index (κ2) is 8.12. The van der Waals surface area contributed by atoms with Crippen LogP contribution in [0, 0.1) is 0 Å². The van der Waals surface area contributed by atoms with Gasteiger partial charge in [0.15, 0.2) is 0 Å². The van der Waals surface area contributed by atoms with Gasteiger partial charge in [-0.05, 0) is 0 Å². The van der Waals surface area contributed by atoms with E-state index in [9.17, 15) is 4.79 Å². The van der Waals surface area contributed by atoms with E-state index in [1.165, 1.54) is 23.0 Å². The zero-order valence-electron chi connectivity index (χ0n) is 15.6. The fourth-order valence-electron chi connectivity index (χ4n) is 3.99. The van der Waals surface area contributed by atoms with Gasteiger partial charge in [-0.1, -0.05) is 0 Å². The van der Waals surface area contributed by atoms with Crippen LogP contribution in [0.25, 0.3) is 0 Å². The molecule has 0 aliphatic heterocycles. The predicted octanol–water partition coefficient (Wildman–Crippen LogP) is 4.82. The van der Waals surface area contributed by atoms with Crippen molar-refractivity contribution in [2.75, 3.05) is 7.11 Å². The number of esters is 1. The first kappa shape index (κ1) is 20.0. The zero-order valence-corrected chi connectivity index (χ0v) is 18.6. The van der Waals surface area contributed by atoms with Gasteiger partial charge in [-0.2, -0.15) is 0 Å². The van der Waals surface area contributed by atoms with Gasteiger partial charge < -0.3 is 0 Å². The van der Waals surface area contributed by atoms with Crippen molar-refractivity contribution >= 4 is 48.2 Å². The van der Waals surface area contributed by atoms with Crippen molar-refractivity contribution in [3.63, 3.8) is 0 Å². The fourth-order valence-corrected chi connectivity index (χ4v) is 14.2. The van der Waals surface area contributed by atoms with E-state index in [1.807, 2.05) is 18.2 Å². The van der Waals surface area contributed by atoms with Crippen molar-refractivity contribution < 1.29 is 9.53 Å². The Morgan fingerprint density at radius 3 is 1.41 bits per heavy atom. The van der Waals surface area contributed by atoms with Crippen LogP contribution in [-0.4, -0.2) is 18.7 Å². The minimum atomic E-state index is -3.16. The molecule has 0 aliphatic carbocycles. The van der Waals surface area contributed by atoms with E-state index < -0.39 is 4.25 Å². The monoisotopic (exact) mass is 490 g/mol. The van der Waals surface area contributed by atoms with Crippen LogP contribution < -0.4 is 15.9 Å². The molecule has 0 heterocycles. The third-order valence-corrected chi connectivity index (χ3v) is 17.9. The molecular formula is C23H24IO2P. The van der Waals surface area contributed by atoms with Crippen LogP contribution in [-0.2, 0) is 9.53 Å². The van der Waals surface area contributed by atoms with E-state index in [2.05, 4.69) is 102 Å². The van der Waals surface area contributed by atoms with E-state index in [1.54, 1.807) is 0 Å². The molecule has 0 saturated heterocycles. The van der Waals surface area contributed by atoms with Gasteiger partial charge in [0.1, 0.15) is 0 Å². The van der Waals surface area contributed by atoms with E-state index in [0.717, 1.165) is 0 Å². The van der Waals surface area contributed by atoms with Gasteiger partial charge >= 0.3 is 175 Å². The van der Waals surface area contributed by atoms with Crippen LogP contribution in [0.1, 0.15) is 13.3 Å². The molecule has 140 valence electrons. The first-order valence-corrected chi connectivity index (χ1v) is 14.1. The first-order valence-electron chi connectivity index (χ1n) is 9.05. The van der Waals surface area contributed by atoms with E-state index in [-0.39, 0.29) is 11.6 Å². The maximum atomic E-state index is 13.1. The van der Waals surface area contributed by atoms with Crippen molar-refractivity contribution in [1.29, 1.82) is 0 Å². The predicted molar refractivity (Wildman–Crippen MR) is 125 cm³/mol. The number of hydrogen-bond donors (Lipinski definition) is 0. The Labute approximate surface area is 174 Å². The summed E-state index contributed by atoms with van der Waals surface area (Å²) in [6.07, 6.45) is 0.701. The second-order valence-electron chi connectivity index (χ2n) is 6.53. The molecule has 3 rings (SSSR count). The SMILES string of the molecule is CCC(C(=O)OC)P(I)(c1ccccc1)(c1ccccc1)c1ccccc1. The van der Waals surface area contributed by atoms with Gasteiger partial charge in [-0.3, -0.25) is 0 Å². The Hall–Kier alpha value is -1.71. The van der Waals surface area contributed by atoms with Gasteiger partial charge in [0, 0.05) is 0 Å². The third kappa shape index (κ3) is 3.11. The van der Waals surface area contributed by atoms with Gasteiger partial charge in [-0.25, -0.2) is 0 Å². The topological polar surface area (TPSA) is 26.3 Å². The number of carbonyl (C=O) groups is 1. The van der Waals surface area contributed by atoms with Crippen molar-refractivity contribution in [2.45, 2.75) is 19.0 Å². The summed E-state index contributed by atoms with van der Waals surface area (Å²) >= 11 is 2.64. The summed E-state index contributed by atoms with van der Waals surface area (Å²) in [5.74, 6) is -0.152. The van der Waals surface area contributed by atoms with Crippen molar-refractivity contribution in [1.82, 2.24) is 0 Å². The van der Waals surface area contributed by atoms with E-state index in [0.29, 0.717) is 6.42 Å². The number of methoxy groups -OCH3 is 1. The average molecular weight is 490 g/mol. The number of benzene rings is 3. The molecule has 0 amide bonds. The van der Waals surface area contributed by atoms with Crippen molar-refractivity contribution in [3.05, 3.63) is 91.0 Å². The van der Waals surface area contributed by atoms with Gasteiger partial charge in [-0.15, -0.1) is 0 Å². The van der Waals surface area contributed by atoms with Crippen LogP contribution in [0.5, 0.6) is 0 Å². The molecule has 0 saturated carbocycles. The molecule has 0 radical (unpaired) electrons. The van der Waals surface area contributed by atoms with E-state index in [4.69, 9.17) is 4.74 Å². The van der Waals surface area contributed by atoms with Crippen LogP contribution in [0.15, 0.2) is 91.0 Å². The molecule has 0 fully saturated rings. The Morgan fingerprint density at radius 1 is 0.815 bits per heavy atom. The molecule has 4 heteroatoms. The molecule has 3 aromatic carbocycles. The maximum absolute atomic E-state index is 13.1. The quantitative estimate of drug-likeness (QED) is 0.282. The number of hydrogen-bond acceptors (Lipinski definition) is 2. The van der Waals surface area contributed by atoms with Crippen molar-refractivity contribution in [3.8, 4) is 0 Å². The standard InChI is InChI=1S/C23H24IO2P/c1-3-22(23(25)26-2)27(24,19-13-7-4-8-14-19,20-15-9-5-10-16-20)21-17-11-6-12-18-21/h4-18,22H,3H2,1-2H3. The fraction of sp³-hybridized carbons (Fsp3) is 0.174. The normalized spacial score (nSPS) is 14.0. The van der Waals surface area contributed by atoms with Gasteiger partial charge in [0.2, 0.25) is 0 Å². The molecular weight excluding hydrogens is 466 g/mol. The second-order valence-corrected chi connectivity index (χ2v) is 16.9.